The van der Waals surface area contributed by atoms with E-state index in [0.29, 0.717) is 29.5 Å². The largest absolute Gasteiger partial charge is 0.368 e. The summed E-state index contributed by atoms with van der Waals surface area (Å²) in [4.78, 5) is 33.1. The lowest BCUT2D eigenvalue weighted by Gasteiger charge is -2.36. The summed E-state index contributed by atoms with van der Waals surface area (Å²) in [6.07, 6.45) is 1.41. The molecule has 1 amide bonds. The molecule has 3 aromatic rings. The first kappa shape index (κ1) is 23.9. The standard InChI is InChI=1S/C24H26N4O4S2/c1-17(29)18-3-7-21(8-4-18)27-11-13-28(14-12-27)23(30)15-20-16-33-24(26-20)25-19-5-9-22(10-6-19)34(2,31)32/h3-10,16H,11-15H2,1-2H3,(H,25,26). The van der Waals surface area contributed by atoms with Crippen LogP contribution in [0.15, 0.2) is 58.8 Å². The molecule has 0 spiro atoms. The third-order valence-corrected chi connectivity index (χ3v) is 7.62. The summed E-state index contributed by atoms with van der Waals surface area (Å²) in [5.74, 6) is 0.0909. The predicted octanol–water partition coefficient (Wildman–Crippen LogP) is 3.38. The summed E-state index contributed by atoms with van der Waals surface area (Å²) in [7, 11) is -3.24. The molecule has 1 aromatic heterocycles. The Morgan fingerprint density at radius 3 is 2.24 bits per heavy atom. The zero-order valence-electron chi connectivity index (χ0n) is 19.0. The number of aromatic nitrogens is 1. The van der Waals surface area contributed by atoms with Gasteiger partial charge in [0.1, 0.15) is 0 Å². The van der Waals surface area contributed by atoms with Crippen molar-refractivity contribution >= 4 is 49.4 Å². The quantitative estimate of drug-likeness (QED) is 0.499. The molecule has 0 aliphatic carbocycles. The summed E-state index contributed by atoms with van der Waals surface area (Å²) in [6.45, 7) is 4.29. The predicted molar refractivity (Wildman–Crippen MR) is 134 cm³/mol. The van der Waals surface area contributed by atoms with Gasteiger partial charge in [0.25, 0.3) is 0 Å². The maximum absolute atomic E-state index is 12.8. The summed E-state index contributed by atoms with van der Waals surface area (Å²) < 4.78 is 23.2. The molecule has 1 aliphatic heterocycles. The van der Waals surface area contributed by atoms with E-state index >= 15 is 0 Å². The van der Waals surface area contributed by atoms with Crippen LogP contribution in [0.4, 0.5) is 16.5 Å². The minimum absolute atomic E-state index is 0.0425. The van der Waals surface area contributed by atoms with E-state index in [1.807, 2.05) is 34.5 Å². The molecule has 0 saturated carbocycles. The van der Waals surface area contributed by atoms with Gasteiger partial charge in [0.2, 0.25) is 5.91 Å². The van der Waals surface area contributed by atoms with E-state index in [0.717, 1.165) is 24.5 Å². The number of piperazine rings is 1. The van der Waals surface area contributed by atoms with Gasteiger partial charge in [0.15, 0.2) is 20.8 Å². The molecule has 178 valence electrons. The number of nitrogens with one attached hydrogen (secondary N) is 1. The van der Waals surface area contributed by atoms with Crippen LogP contribution in [0.2, 0.25) is 0 Å². The molecule has 8 nitrogen and oxygen atoms in total. The molecule has 2 heterocycles. The monoisotopic (exact) mass is 498 g/mol. The second-order valence-corrected chi connectivity index (χ2v) is 11.1. The van der Waals surface area contributed by atoms with Crippen LogP contribution in [0.1, 0.15) is 23.0 Å². The van der Waals surface area contributed by atoms with E-state index in [-0.39, 0.29) is 23.0 Å². The Morgan fingerprint density at radius 2 is 1.65 bits per heavy atom. The van der Waals surface area contributed by atoms with Crippen molar-refractivity contribution in [2.45, 2.75) is 18.2 Å². The Balaban J connectivity index is 1.29. The Hall–Kier alpha value is -3.24. The number of carbonyl (C=O) groups is 2. The van der Waals surface area contributed by atoms with Crippen LogP contribution in [-0.2, 0) is 21.1 Å². The number of thiazole rings is 1. The highest BCUT2D eigenvalue weighted by atomic mass is 32.2. The number of hydrogen-bond donors (Lipinski definition) is 1. The van der Waals surface area contributed by atoms with Gasteiger partial charge >= 0.3 is 0 Å². The summed E-state index contributed by atoms with van der Waals surface area (Å²) in [5, 5.41) is 5.66. The average Bonchev–Trinajstić information content (AvgIpc) is 3.25. The molecular weight excluding hydrogens is 472 g/mol. The highest BCUT2D eigenvalue weighted by molar-refractivity contribution is 7.90. The molecule has 34 heavy (non-hydrogen) atoms. The molecule has 1 fully saturated rings. The number of anilines is 3. The smallest absolute Gasteiger partial charge is 0.228 e. The van der Waals surface area contributed by atoms with E-state index in [4.69, 9.17) is 0 Å². The van der Waals surface area contributed by atoms with E-state index in [9.17, 15) is 18.0 Å². The molecule has 0 unspecified atom stereocenters. The topological polar surface area (TPSA) is 99.7 Å². The van der Waals surface area contributed by atoms with Gasteiger partial charge in [-0.1, -0.05) is 0 Å². The van der Waals surface area contributed by atoms with Crippen molar-refractivity contribution in [3.05, 3.63) is 65.2 Å². The number of rotatable bonds is 7. The number of benzene rings is 2. The van der Waals surface area contributed by atoms with E-state index in [1.165, 1.54) is 17.6 Å². The molecule has 2 aromatic carbocycles. The SMILES string of the molecule is CC(=O)c1ccc(N2CCN(C(=O)Cc3csc(Nc4ccc(S(C)(=O)=O)cc4)n3)CC2)cc1. The van der Waals surface area contributed by atoms with Crippen molar-refractivity contribution < 1.29 is 18.0 Å². The van der Waals surface area contributed by atoms with Gasteiger partial charge in [-0.05, 0) is 55.5 Å². The third-order valence-electron chi connectivity index (χ3n) is 5.69. The van der Waals surface area contributed by atoms with E-state index < -0.39 is 9.84 Å². The fourth-order valence-electron chi connectivity index (χ4n) is 3.74. The summed E-state index contributed by atoms with van der Waals surface area (Å²) >= 11 is 1.40. The Kier molecular flexibility index (Phi) is 6.99. The van der Waals surface area contributed by atoms with Crippen molar-refractivity contribution in [3.8, 4) is 0 Å². The lowest BCUT2D eigenvalue weighted by Crippen LogP contribution is -2.49. The van der Waals surface area contributed by atoms with Crippen LogP contribution in [0.25, 0.3) is 0 Å². The molecule has 10 heteroatoms. The molecule has 4 rings (SSSR count). The van der Waals surface area contributed by atoms with Gasteiger partial charge in [-0.15, -0.1) is 11.3 Å². The Morgan fingerprint density at radius 1 is 1.00 bits per heavy atom. The van der Waals surface area contributed by atoms with Crippen LogP contribution in [0, 0.1) is 0 Å². The van der Waals surface area contributed by atoms with E-state index in [1.54, 1.807) is 31.2 Å². The average molecular weight is 499 g/mol. The van der Waals surface area contributed by atoms with Gasteiger partial charge in [0.05, 0.1) is 17.0 Å². The van der Waals surface area contributed by atoms with Crippen molar-refractivity contribution in [2.24, 2.45) is 0 Å². The number of amides is 1. The van der Waals surface area contributed by atoms with Gasteiger partial charge < -0.3 is 15.1 Å². The van der Waals surface area contributed by atoms with Crippen LogP contribution in [0.5, 0.6) is 0 Å². The molecular formula is C24H26N4O4S2. The van der Waals surface area contributed by atoms with Gasteiger partial charge in [-0.25, -0.2) is 13.4 Å². The maximum Gasteiger partial charge on any atom is 0.228 e. The zero-order chi connectivity index (χ0) is 24.3. The number of nitrogens with zero attached hydrogens (tertiary/aromatic N) is 3. The zero-order valence-corrected chi connectivity index (χ0v) is 20.7. The number of hydrogen-bond acceptors (Lipinski definition) is 8. The fourth-order valence-corrected chi connectivity index (χ4v) is 5.10. The second kappa shape index (κ2) is 9.94. The third kappa shape index (κ3) is 5.81. The molecule has 0 atom stereocenters. The Labute approximate surface area is 203 Å². The van der Waals surface area contributed by atoms with Crippen LogP contribution < -0.4 is 10.2 Å². The van der Waals surface area contributed by atoms with Gasteiger partial charge in [0, 0.05) is 54.8 Å². The maximum atomic E-state index is 12.8. The first-order valence-corrected chi connectivity index (χ1v) is 13.6. The number of sulfone groups is 1. The van der Waals surface area contributed by atoms with Gasteiger partial charge in [-0.3, -0.25) is 9.59 Å². The Bertz CT molecular complexity index is 1280. The molecule has 1 N–H and O–H groups in total. The second-order valence-electron chi connectivity index (χ2n) is 8.21. The lowest BCUT2D eigenvalue weighted by molar-refractivity contribution is -0.130. The van der Waals surface area contributed by atoms with Crippen molar-refractivity contribution in [3.63, 3.8) is 0 Å². The number of Topliss-reactive ketones (excluding diaryl/α,β-unsaturated/α-hetero) is 1. The fraction of sp³-hybridized carbons (Fsp3) is 0.292. The first-order chi connectivity index (χ1) is 16.2. The highest BCUT2D eigenvalue weighted by Crippen LogP contribution is 2.23. The molecule has 1 saturated heterocycles. The highest BCUT2D eigenvalue weighted by Gasteiger charge is 2.22. The minimum Gasteiger partial charge on any atom is -0.368 e. The van der Waals surface area contributed by atoms with Crippen molar-refractivity contribution in [1.82, 2.24) is 9.88 Å². The van der Waals surface area contributed by atoms with Crippen LogP contribution in [-0.4, -0.2) is 62.4 Å². The van der Waals surface area contributed by atoms with Crippen LogP contribution in [0.3, 0.4) is 0 Å². The summed E-state index contributed by atoms with van der Waals surface area (Å²) in [5.41, 5.74) is 3.18. The summed E-state index contributed by atoms with van der Waals surface area (Å²) in [6, 6.07) is 14.1. The van der Waals surface area contributed by atoms with Crippen molar-refractivity contribution in [1.29, 1.82) is 0 Å². The number of carbonyl (C=O) groups excluding carboxylic acids is 2. The normalized spacial score (nSPS) is 14.2. The van der Waals surface area contributed by atoms with Gasteiger partial charge in [-0.2, -0.15) is 0 Å². The molecule has 0 bridgehead atoms. The van der Waals surface area contributed by atoms with Crippen LogP contribution >= 0.6 is 11.3 Å². The van der Waals surface area contributed by atoms with E-state index in [2.05, 4.69) is 15.2 Å². The number of ketones is 1. The first-order valence-electron chi connectivity index (χ1n) is 10.8. The van der Waals surface area contributed by atoms with Crippen molar-refractivity contribution in [2.75, 3.05) is 42.7 Å². The lowest BCUT2D eigenvalue weighted by atomic mass is 10.1. The minimum atomic E-state index is -3.24. The molecule has 1 aliphatic rings. The molecule has 0 radical (unpaired) electrons.